The first kappa shape index (κ1) is 15.6. The molecule has 1 aliphatic carbocycles. The Morgan fingerprint density at radius 3 is 2.55 bits per heavy atom. The average Bonchev–Trinajstić information content (AvgIpc) is 2.45. The molecule has 1 aromatic carbocycles. The van der Waals surface area contributed by atoms with Gasteiger partial charge in [-0.2, -0.15) is 0 Å². The van der Waals surface area contributed by atoms with E-state index in [1.165, 1.54) is 37.7 Å². The molecule has 1 heteroatoms. The number of nitrogens with one attached hydrogen (secondary N) is 1. The smallest absolute Gasteiger partial charge is 0.00699 e. The first-order valence-corrected chi connectivity index (χ1v) is 8.43. The zero-order valence-corrected chi connectivity index (χ0v) is 13.4. The van der Waals surface area contributed by atoms with Crippen molar-refractivity contribution in [2.75, 3.05) is 6.54 Å². The minimum atomic E-state index is 0.613. The van der Waals surface area contributed by atoms with Gasteiger partial charge in [-0.3, -0.25) is 0 Å². The molecule has 1 nitrogen and oxygen atoms in total. The lowest BCUT2D eigenvalue weighted by molar-refractivity contribution is 0.251. The molecule has 2 rings (SSSR count). The van der Waals surface area contributed by atoms with Crippen LogP contribution in [0, 0.1) is 11.8 Å². The Labute approximate surface area is 125 Å². The molecule has 3 atom stereocenters. The van der Waals surface area contributed by atoms with E-state index >= 15 is 0 Å². The van der Waals surface area contributed by atoms with Crippen LogP contribution in [0.5, 0.6) is 0 Å². The van der Waals surface area contributed by atoms with Crippen LogP contribution in [0.3, 0.4) is 0 Å². The van der Waals surface area contributed by atoms with Crippen molar-refractivity contribution >= 4 is 0 Å². The van der Waals surface area contributed by atoms with Gasteiger partial charge >= 0.3 is 0 Å². The first-order chi connectivity index (χ1) is 9.65. The molecule has 0 aliphatic heterocycles. The van der Waals surface area contributed by atoms with Crippen LogP contribution in [-0.4, -0.2) is 12.6 Å². The van der Waals surface area contributed by atoms with E-state index in [-0.39, 0.29) is 0 Å². The van der Waals surface area contributed by atoms with Crippen LogP contribution in [-0.2, 0) is 0 Å². The van der Waals surface area contributed by atoms with Gasteiger partial charge in [-0.25, -0.2) is 0 Å². The number of hydrogen-bond donors (Lipinski definition) is 1. The highest BCUT2D eigenvalue weighted by Crippen LogP contribution is 2.29. The standard InChI is InChI=1S/C19H31N/c1-15(2)12-17-8-7-11-19(13-17)20-14-16(3)18-9-5-4-6-10-18/h4-6,9-10,15-17,19-20H,7-8,11-14H2,1-3H3. The van der Waals surface area contributed by atoms with Crippen LogP contribution in [0.4, 0.5) is 0 Å². The van der Waals surface area contributed by atoms with Gasteiger partial charge in [0.1, 0.15) is 0 Å². The summed E-state index contributed by atoms with van der Waals surface area (Å²) in [7, 11) is 0. The van der Waals surface area contributed by atoms with E-state index in [1.54, 1.807) is 0 Å². The minimum Gasteiger partial charge on any atom is -0.313 e. The SMILES string of the molecule is CC(C)CC1CCCC(NCC(C)c2ccccc2)C1. The average molecular weight is 273 g/mol. The fraction of sp³-hybridized carbons (Fsp3) is 0.684. The fourth-order valence-corrected chi connectivity index (χ4v) is 3.60. The predicted molar refractivity (Wildman–Crippen MR) is 88.1 cm³/mol. The van der Waals surface area contributed by atoms with Crippen molar-refractivity contribution < 1.29 is 0 Å². The molecule has 1 saturated carbocycles. The highest BCUT2D eigenvalue weighted by Gasteiger charge is 2.22. The van der Waals surface area contributed by atoms with Crippen molar-refractivity contribution in [1.29, 1.82) is 0 Å². The Morgan fingerprint density at radius 2 is 1.85 bits per heavy atom. The van der Waals surface area contributed by atoms with Gasteiger partial charge in [-0.05, 0) is 42.6 Å². The van der Waals surface area contributed by atoms with Gasteiger partial charge in [-0.1, -0.05) is 63.9 Å². The van der Waals surface area contributed by atoms with E-state index in [4.69, 9.17) is 0 Å². The molecular formula is C19H31N. The minimum absolute atomic E-state index is 0.613. The summed E-state index contributed by atoms with van der Waals surface area (Å²) >= 11 is 0. The van der Waals surface area contributed by atoms with Gasteiger partial charge in [0.05, 0.1) is 0 Å². The lowest BCUT2D eigenvalue weighted by Gasteiger charge is -2.31. The molecule has 0 bridgehead atoms. The molecule has 0 amide bonds. The third kappa shape index (κ3) is 4.94. The summed E-state index contributed by atoms with van der Waals surface area (Å²) in [4.78, 5) is 0. The molecule has 20 heavy (non-hydrogen) atoms. The maximum Gasteiger partial charge on any atom is 0.00699 e. The molecule has 0 saturated heterocycles. The quantitative estimate of drug-likeness (QED) is 0.770. The lowest BCUT2D eigenvalue weighted by Crippen LogP contribution is -2.36. The maximum atomic E-state index is 3.82. The molecule has 0 heterocycles. The van der Waals surface area contributed by atoms with Gasteiger partial charge in [0.25, 0.3) is 0 Å². The summed E-state index contributed by atoms with van der Waals surface area (Å²) in [6.07, 6.45) is 7.03. The molecule has 1 N–H and O–H groups in total. The van der Waals surface area contributed by atoms with Crippen molar-refractivity contribution in [2.45, 2.75) is 64.8 Å². The number of hydrogen-bond acceptors (Lipinski definition) is 1. The van der Waals surface area contributed by atoms with Crippen LogP contribution in [0.25, 0.3) is 0 Å². The molecule has 0 aromatic heterocycles. The van der Waals surface area contributed by atoms with E-state index in [0.717, 1.165) is 24.4 Å². The summed E-state index contributed by atoms with van der Waals surface area (Å²) in [6.45, 7) is 8.16. The van der Waals surface area contributed by atoms with E-state index in [0.29, 0.717) is 5.92 Å². The lowest BCUT2D eigenvalue weighted by atomic mass is 9.81. The summed E-state index contributed by atoms with van der Waals surface area (Å²) in [5.74, 6) is 2.41. The van der Waals surface area contributed by atoms with E-state index in [9.17, 15) is 0 Å². The molecule has 1 aromatic rings. The second-order valence-electron chi connectivity index (χ2n) is 7.08. The van der Waals surface area contributed by atoms with Gasteiger partial charge in [-0.15, -0.1) is 0 Å². The molecule has 0 spiro atoms. The summed E-state index contributed by atoms with van der Waals surface area (Å²) in [6, 6.07) is 11.6. The Bertz CT molecular complexity index is 371. The Kier molecular flexibility index (Phi) is 6.09. The second kappa shape index (κ2) is 7.83. The predicted octanol–water partition coefficient (Wildman–Crippen LogP) is 4.98. The fourth-order valence-electron chi connectivity index (χ4n) is 3.60. The molecular weight excluding hydrogens is 242 g/mol. The molecule has 0 radical (unpaired) electrons. The summed E-state index contributed by atoms with van der Waals surface area (Å²) < 4.78 is 0. The highest BCUT2D eigenvalue weighted by atomic mass is 14.9. The van der Waals surface area contributed by atoms with Crippen LogP contribution < -0.4 is 5.32 Å². The van der Waals surface area contributed by atoms with Gasteiger partial charge in [0, 0.05) is 12.6 Å². The van der Waals surface area contributed by atoms with Crippen molar-refractivity contribution in [3.63, 3.8) is 0 Å². The monoisotopic (exact) mass is 273 g/mol. The van der Waals surface area contributed by atoms with Crippen LogP contribution in [0.1, 0.15) is 64.4 Å². The number of benzene rings is 1. The van der Waals surface area contributed by atoms with Crippen LogP contribution >= 0.6 is 0 Å². The van der Waals surface area contributed by atoms with E-state index < -0.39 is 0 Å². The first-order valence-electron chi connectivity index (χ1n) is 8.43. The highest BCUT2D eigenvalue weighted by molar-refractivity contribution is 5.19. The van der Waals surface area contributed by atoms with Crippen molar-refractivity contribution in [2.24, 2.45) is 11.8 Å². The third-order valence-corrected chi connectivity index (χ3v) is 4.67. The Hall–Kier alpha value is -0.820. The molecule has 1 fully saturated rings. The van der Waals surface area contributed by atoms with Crippen molar-refractivity contribution in [3.05, 3.63) is 35.9 Å². The molecule has 3 unspecified atom stereocenters. The Balaban J connectivity index is 1.76. The van der Waals surface area contributed by atoms with Gasteiger partial charge < -0.3 is 5.32 Å². The molecule has 112 valence electrons. The zero-order valence-electron chi connectivity index (χ0n) is 13.4. The van der Waals surface area contributed by atoms with Crippen LogP contribution in [0.15, 0.2) is 30.3 Å². The summed E-state index contributed by atoms with van der Waals surface area (Å²) in [5, 5.41) is 3.82. The Morgan fingerprint density at radius 1 is 1.10 bits per heavy atom. The molecule has 1 aliphatic rings. The summed E-state index contributed by atoms with van der Waals surface area (Å²) in [5.41, 5.74) is 1.45. The van der Waals surface area contributed by atoms with Crippen molar-refractivity contribution in [1.82, 2.24) is 5.32 Å². The van der Waals surface area contributed by atoms with Gasteiger partial charge in [0.15, 0.2) is 0 Å². The van der Waals surface area contributed by atoms with E-state index in [1.807, 2.05) is 0 Å². The zero-order chi connectivity index (χ0) is 14.4. The van der Waals surface area contributed by atoms with E-state index in [2.05, 4.69) is 56.4 Å². The van der Waals surface area contributed by atoms with Crippen molar-refractivity contribution in [3.8, 4) is 0 Å². The van der Waals surface area contributed by atoms with Gasteiger partial charge in [0.2, 0.25) is 0 Å². The number of rotatable bonds is 6. The largest absolute Gasteiger partial charge is 0.313 e. The second-order valence-corrected chi connectivity index (χ2v) is 7.08. The maximum absolute atomic E-state index is 3.82. The topological polar surface area (TPSA) is 12.0 Å². The van der Waals surface area contributed by atoms with Crippen LogP contribution in [0.2, 0.25) is 0 Å². The normalized spacial score (nSPS) is 24.8. The third-order valence-electron chi connectivity index (χ3n) is 4.67.